The van der Waals surface area contributed by atoms with Crippen molar-refractivity contribution in [2.24, 2.45) is 0 Å². The van der Waals surface area contributed by atoms with Gasteiger partial charge in [-0.3, -0.25) is 9.48 Å². The molecule has 1 rings (SSSR count). The molecule has 1 N–H and O–H groups in total. The molecule has 156 valence electrons. The number of hydrogen-bond donors (Lipinski definition) is 1. The highest BCUT2D eigenvalue weighted by molar-refractivity contribution is 5.81. The zero-order valence-corrected chi connectivity index (χ0v) is 17.4. The monoisotopic (exact) mass is 386 g/mol. The van der Waals surface area contributed by atoms with Crippen LogP contribution in [0.1, 0.15) is 12.6 Å². The van der Waals surface area contributed by atoms with E-state index in [4.69, 9.17) is 14.2 Å². The van der Waals surface area contributed by atoms with Crippen LogP contribution >= 0.6 is 0 Å². The number of likely N-dealkylation sites (N-methyl/N-ethyl adjacent to an activating group) is 2. The Morgan fingerprint density at radius 1 is 1.19 bits per heavy atom. The van der Waals surface area contributed by atoms with Gasteiger partial charge < -0.3 is 24.0 Å². The predicted molar refractivity (Wildman–Crippen MR) is 103 cm³/mol. The number of aromatic nitrogens is 3. The lowest BCUT2D eigenvalue weighted by Gasteiger charge is -2.29. The van der Waals surface area contributed by atoms with Gasteiger partial charge in [-0.05, 0) is 14.0 Å². The smallest absolute Gasteiger partial charge is 0.148 e. The lowest BCUT2D eigenvalue weighted by atomic mass is 10.2. The molecule has 0 saturated heterocycles. The lowest BCUT2D eigenvalue weighted by Crippen LogP contribution is -2.44. The van der Waals surface area contributed by atoms with Gasteiger partial charge in [0.05, 0.1) is 72.0 Å². The Morgan fingerprint density at radius 3 is 2.48 bits per heavy atom. The zero-order valence-electron chi connectivity index (χ0n) is 17.4. The van der Waals surface area contributed by atoms with Crippen LogP contribution in [-0.4, -0.2) is 106 Å². The van der Waals surface area contributed by atoms with E-state index in [1.165, 1.54) is 0 Å². The molecule has 9 nitrogen and oxygen atoms in total. The molecule has 0 aliphatic carbocycles. The molecule has 0 saturated carbocycles. The Morgan fingerprint density at radius 2 is 1.85 bits per heavy atom. The minimum Gasteiger partial charge on any atom is -0.382 e. The quantitative estimate of drug-likeness (QED) is 0.310. The molecule has 0 aliphatic rings. The predicted octanol–water partition coefficient (Wildman–Crippen LogP) is -0.246. The van der Waals surface area contributed by atoms with E-state index in [1.54, 1.807) is 25.8 Å². The van der Waals surface area contributed by atoms with Gasteiger partial charge in [-0.25, -0.2) is 0 Å². The number of ketones is 1. The second-order valence-electron chi connectivity index (χ2n) is 7.23. The number of carbonyl (C=O) groups excluding carboxylic acids is 1. The summed E-state index contributed by atoms with van der Waals surface area (Å²) in [7, 11) is 7.79. The molecule has 1 aromatic heterocycles. The molecule has 0 unspecified atom stereocenters. The molecular formula is C18H36N5O4+. The van der Waals surface area contributed by atoms with Gasteiger partial charge in [-0.2, -0.15) is 0 Å². The fourth-order valence-corrected chi connectivity index (χ4v) is 2.46. The van der Waals surface area contributed by atoms with E-state index in [9.17, 15) is 4.79 Å². The maximum Gasteiger partial charge on any atom is 0.148 e. The minimum atomic E-state index is -0.234. The summed E-state index contributed by atoms with van der Waals surface area (Å²) in [6.45, 7) is 7.02. The van der Waals surface area contributed by atoms with Gasteiger partial charge in [0.1, 0.15) is 12.3 Å². The fraction of sp³-hybridized carbons (Fsp3) is 0.833. The van der Waals surface area contributed by atoms with Gasteiger partial charge >= 0.3 is 0 Å². The second kappa shape index (κ2) is 12.9. The largest absolute Gasteiger partial charge is 0.382 e. The van der Waals surface area contributed by atoms with Crippen LogP contribution in [0.4, 0.5) is 0 Å². The van der Waals surface area contributed by atoms with Crippen LogP contribution in [0.15, 0.2) is 6.20 Å². The van der Waals surface area contributed by atoms with E-state index in [0.29, 0.717) is 39.6 Å². The number of quaternary nitrogens is 1. The zero-order chi connectivity index (χ0) is 20.1. The molecule has 27 heavy (non-hydrogen) atoms. The van der Waals surface area contributed by atoms with E-state index >= 15 is 0 Å². The molecule has 9 heteroatoms. The number of hydrogen-bond acceptors (Lipinski definition) is 7. The van der Waals surface area contributed by atoms with Crippen molar-refractivity contribution in [1.29, 1.82) is 0 Å². The first-order valence-corrected chi connectivity index (χ1v) is 9.41. The topological polar surface area (TPSA) is 87.5 Å². The molecule has 0 spiro atoms. The summed E-state index contributed by atoms with van der Waals surface area (Å²) in [6, 6.07) is -0.234. The number of nitrogens with zero attached hydrogens (tertiary/aromatic N) is 4. The Kier molecular flexibility index (Phi) is 11.3. The van der Waals surface area contributed by atoms with Crippen molar-refractivity contribution in [2.75, 3.05) is 74.4 Å². The Hall–Kier alpha value is -1.39. The molecule has 0 bridgehead atoms. The number of rotatable bonds is 16. The first kappa shape index (κ1) is 23.6. The normalized spacial score (nSPS) is 13.1. The summed E-state index contributed by atoms with van der Waals surface area (Å²) in [6.07, 6.45) is 2.75. The van der Waals surface area contributed by atoms with E-state index < -0.39 is 0 Å². The van der Waals surface area contributed by atoms with Crippen LogP contribution < -0.4 is 5.32 Å². The molecule has 1 heterocycles. The van der Waals surface area contributed by atoms with Gasteiger partial charge in [0, 0.05) is 19.7 Å². The Balaban J connectivity index is 2.24. The molecule has 0 amide bonds. The van der Waals surface area contributed by atoms with Crippen molar-refractivity contribution in [3.8, 4) is 0 Å². The SMILES string of the molecule is CN[C@@H](Cn1cc(CC[N+](C)(C)CCOCCOCCOC)nn1)C(C)=O. The van der Waals surface area contributed by atoms with Gasteiger partial charge in [0.25, 0.3) is 0 Å². The summed E-state index contributed by atoms with van der Waals surface area (Å²) < 4.78 is 18.5. The highest BCUT2D eigenvalue weighted by Gasteiger charge is 2.17. The van der Waals surface area contributed by atoms with Gasteiger partial charge in [-0.1, -0.05) is 5.21 Å². The molecule has 1 aromatic rings. The molecule has 0 aromatic carbocycles. The van der Waals surface area contributed by atoms with Crippen molar-refractivity contribution in [3.05, 3.63) is 11.9 Å². The third-order valence-corrected chi connectivity index (χ3v) is 4.41. The van der Waals surface area contributed by atoms with Crippen LogP contribution in [0, 0.1) is 0 Å². The fourth-order valence-electron chi connectivity index (χ4n) is 2.46. The molecule has 1 atom stereocenters. The van der Waals surface area contributed by atoms with Crippen molar-refractivity contribution in [3.63, 3.8) is 0 Å². The Bertz CT molecular complexity index is 536. The summed E-state index contributed by atoms with van der Waals surface area (Å²) in [4.78, 5) is 11.5. The van der Waals surface area contributed by atoms with E-state index in [0.717, 1.165) is 29.7 Å². The van der Waals surface area contributed by atoms with Crippen molar-refractivity contribution in [1.82, 2.24) is 20.3 Å². The second-order valence-corrected chi connectivity index (χ2v) is 7.23. The van der Waals surface area contributed by atoms with Crippen molar-refractivity contribution < 1.29 is 23.5 Å². The molecule has 0 fully saturated rings. The highest BCUT2D eigenvalue weighted by atomic mass is 16.5. The summed E-state index contributed by atoms with van der Waals surface area (Å²) in [5.74, 6) is 0.0939. The number of nitrogens with one attached hydrogen (secondary N) is 1. The Labute approximate surface area is 162 Å². The van der Waals surface area contributed by atoms with Crippen LogP contribution in [0.3, 0.4) is 0 Å². The molecular weight excluding hydrogens is 350 g/mol. The average Bonchev–Trinajstić information content (AvgIpc) is 3.07. The van der Waals surface area contributed by atoms with E-state index in [1.807, 2.05) is 6.20 Å². The number of ether oxygens (including phenoxy) is 3. The highest BCUT2D eigenvalue weighted by Crippen LogP contribution is 2.03. The minimum absolute atomic E-state index is 0.0939. The van der Waals surface area contributed by atoms with Crippen LogP contribution in [0.5, 0.6) is 0 Å². The van der Waals surface area contributed by atoms with Gasteiger partial charge in [0.15, 0.2) is 0 Å². The van der Waals surface area contributed by atoms with Crippen LogP contribution in [-0.2, 0) is 32.0 Å². The summed E-state index contributed by atoms with van der Waals surface area (Å²) in [5.41, 5.74) is 0.937. The average molecular weight is 387 g/mol. The third kappa shape index (κ3) is 10.5. The number of methoxy groups -OCH3 is 1. The first-order valence-electron chi connectivity index (χ1n) is 9.41. The summed E-state index contributed by atoms with van der Waals surface area (Å²) in [5, 5.41) is 11.3. The number of Topliss-reactive ketones (excluding diaryl/α,β-unsaturated/α-hetero) is 1. The molecule has 0 radical (unpaired) electrons. The maximum absolute atomic E-state index is 11.5. The summed E-state index contributed by atoms with van der Waals surface area (Å²) >= 11 is 0. The lowest BCUT2D eigenvalue weighted by molar-refractivity contribution is -0.890. The van der Waals surface area contributed by atoms with Crippen LogP contribution in [0.2, 0.25) is 0 Å². The third-order valence-electron chi connectivity index (χ3n) is 4.41. The van der Waals surface area contributed by atoms with Gasteiger partial charge in [0.2, 0.25) is 0 Å². The maximum atomic E-state index is 11.5. The van der Waals surface area contributed by atoms with E-state index in [2.05, 4.69) is 29.7 Å². The first-order chi connectivity index (χ1) is 12.9. The van der Waals surface area contributed by atoms with Crippen LogP contribution in [0.25, 0.3) is 0 Å². The van der Waals surface area contributed by atoms with E-state index in [-0.39, 0.29) is 11.8 Å². The number of carbonyl (C=O) groups is 1. The molecule has 0 aliphatic heterocycles. The van der Waals surface area contributed by atoms with Crippen molar-refractivity contribution >= 4 is 5.78 Å². The van der Waals surface area contributed by atoms with Crippen molar-refractivity contribution in [2.45, 2.75) is 25.9 Å². The standard InChI is InChI=1S/C18H36N5O4/c1-16(24)18(19-2)15-22-14-17(20-21-22)6-7-23(3,4)8-9-26-12-13-27-11-10-25-5/h14,18-19H,6-13,15H2,1-5H3/q+1/t18-/m0/s1. The van der Waals surface area contributed by atoms with Gasteiger partial charge in [-0.15, -0.1) is 5.10 Å².